The van der Waals surface area contributed by atoms with Gasteiger partial charge in [0.05, 0.1) is 5.56 Å². The number of hydrogen-bond acceptors (Lipinski definition) is 3. The van der Waals surface area contributed by atoms with Crippen molar-refractivity contribution < 1.29 is 9.18 Å². The molecule has 0 unspecified atom stereocenters. The van der Waals surface area contributed by atoms with E-state index in [-0.39, 0.29) is 23.7 Å². The maximum atomic E-state index is 13.6. The van der Waals surface area contributed by atoms with Gasteiger partial charge in [-0.3, -0.25) is 14.7 Å². The minimum Gasteiger partial charge on any atom is -0.335 e. The van der Waals surface area contributed by atoms with Crippen LogP contribution in [0.4, 0.5) is 4.39 Å². The lowest BCUT2D eigenvalue weighted by Gasteiger charge is -2.39. The second-order valence-electron chi connectivity index (χ2n) is 9.04. The summed E-state index contributed by atoms with van der Waals surface area (Å²) in [6, 6.07) is 19.2. The first-order chi connectivity index (χ1) is 15.6. The van der Waals surface area contributed by atoms with Crippen LogP contribution in [0.1, 0.15) is 39.4 Å². The number of benzene rings is 2. The monoisotopic (exact) mass is 429 g/mol. The van der Waals surface area contributed by atoms with Crippen molar-refractivity contribution in [2.24, 2.45) is 5.92 Å². The van der Waals surface area contributed by atoms with Gasteiger partial charge in [-0.15, -0.1) is 0 Å². The van der Waals surface area contributed by atoms with Gasteiger partial charge < -0.3 is 4.90 Å². The number of aromatic nitrogens is 1. The summed E-state index contributed by atoms with van der Waals surface area (Å²) in [7, 11) is 0. The Kier molecular flexibility index (Phi) is 5.75. The van der Waals surface area contributed by atoms with Crippen molar-refractivity contribution in [3.8, 4) is 0 Å². The number of nitrogens with zero attached hydrogens (tertiary/aromatic N) is 3. The van der Waals surface area contributed by atoms with Gasteiger partial charge in [0.1, 0.15) is 5.82 Å². The maximum Gasteiger partial charge on any atom is 0.255 e. The van der Waals surface area contributed by atoms with Gasteiger partial charge in [0.25, 0.3) is 5.91 Å². The number of halogens is 1. The first-order valence-electron chi connectivity index (χ1n) is 11.3. The van der Waals surface area contributed by atoms with E-state index in [1.165, 1.54) is 23.3 Å². The number of piperidine rings is 1. The molecule has 164 valence electrons. The zero-order chi connectivity index (χ0) is 22.1. The summed E-state index contributed by atoms with van der Waals surface area (Å²) >= 11 is 0. The number of carbonyl (C=O) groups is 1. The predicted molar refractivity (Wildman–Crippen MR) is 123 cm³/mol. The van der Waals surface area contributed by atoms with Gasteiger partial charge in [0, 0.05) is 56.5 Å². The zero-order valence-electron chi connectivity index (χ0n) is 18.3. The molecule has 3 heterocycles. The Labute approximate surface area is 188 Å². The molecule has 2 aliphatic rings. The number of aryl methyl sites for hydroxylation is 1. The average molecular weight is 430 g/mol. The van der Waals surface area contributed by atoms with Gasteiger partial charge in [-0.2, -0.15) is 0 Å². The highest BCUT2D eigenvalue weighted by molar-refractivity contribution is 5.94. The van der Waals surface area contributed by atoms with E-state index in [0.29, 0.717) is 18.0 Å². The minimum atomic E-state index is -0.226. The number of hydrogen-bond donors (Lipinski definition) is 0. The lowest BCUT2D eigenvalue weighted by Crippen LogP contribution is -2.47. The quantitative estimate of drug-likeness (QED) is 0.605. The zero-order valence-corrected chi connectivity index (χ0v) is 18.3. The molecule has 32 heavy (non-hydrogen) atoms. The van der Waals surface area contributed by atoms with Crippen molar-refractivity contribution in [2.45, 2.75) is 31.8 Å². The molecule has 2 aliphatic heterocycles. The molecule has 0 radical (unpaired) electrons. The lowest BCUT2D eigenvalue weighted by molar-refractivity contribution is 0.0613. The number of fused-ring (bicyclic) bond motifs is 1. The lowest BCUT2D eigenvalue weighted by atomic mass is 9.81. The van der Waals surface area contributed by atoms with Crippen LogP contribution in [-0.4, -0.2) is 46.4 Å². The van der Waals surface area contributed by atoms with Crippen LogP contribution < -0.4 is 0 Å². The Bertz CT molecular complexity index is 1090. The fraction of sp³-hybridized carbons (Fsp3) is 0.333. The highest BCUT2D eigenvalue weighted by Gasteiger charge is 2.47. The second-order valence-corrected chi connectivity index (χ2v) is 9.04. The van der Waals surface area contributed by atoms with Crippen molar-refractivity contribution >= 4 is 5.91 Å². The van der Waals surface area contributed by atoms with Crippen LogP contribution in [0.2, 0.25) is 0 Å². The van der Waals surface area contributed by atoms with Crippen molar-refractivity contribution in [3.63, 3.8) is 0 Å². The molecule has 5 heteroatoms. The van der Waals surface area contributed by atoms with E-state index in [2.05, 4.69) is 41.1 Å². The number of carbonyl (C=O) groups excluding carboxylic acids is 1. The highest BCUT2D eigenvalue weighted by atomic mass is 19.1. The van der Waals surface area contributed by atoms with Gasteiger partial charge in [-0.1, -0.05) is 36.4 Å². The molecule has 1 aromatic heterocycles. The summed E-state index contributed by atoms with van der Waals surface area (Å²) < 4.78 is 13.6. The number of rotatable bonds is 4. The Morgan fingerprint density at radius 2 is 1.88 bits per heavy atom. The van der Waals surface area contributed by atoms with Crippen LogP contribution in [0.25, 0.3) is 0 Å². The molecule has 2 fully saturated rings. The Morgan fingerprint density at radius 3 is 2.62 bits per heavy atom. The maximum absolute atomic E-state index is 13.6. The summed E-state index contributed by atoms with van der Waals surface area (Å²) in [5.41, 5.74) is 4.41. The van der Waals surface area contributed by atoms with Crippen molar-refractivity contribution in [3.05, 3.63) is 101 Å². The number of amides is 1. The van der Waals surface area contributed by atoms with E-state index in [1.54, 1.807) is 12.4 Å². The molecular formula is C27H28FN3O. The van der Waals surface area contributed by atoms with Gasteiger partial charge in [0.15, 0.2) is 0 Å². The molecule has 0 saturated carbocycles. The molecular weight excluding hydrogens is 401 g/mol. The molecule has 1 amide bonds. The molecule has 0 aliphatic carbocycles. The Balaban J connectivity index is 1.42. The highest BCUT2D eigenvalue weighted by Crippen LogP contribution is 2.42. The normalized spacial score (nSPS) is 23.2. The van der Waals surface area contributed by atoms with E-state index in [1.807, 2.05) is 29.2 Å². The van der Waals surface area contributed by atoms with Gasteiger partial charge in [0.2, 0.25) is 0 Å². The molecule has 2 aromatic carbocycles. The fourth-order valence-corrected chi connectivity index (χ4v) is 5.43. The summed E-state index contributed by atoms with van der Waals surface area (Å²) in [6.45, 7) is 5.63. The molecule has 4 nitrogen and oxygen atoms in total. The van der Waals surface area contributed by atoms with Crippen LogP contribution in [0.5, 0.6) is 0 Å². The van der Waals surface area contributed by atoms with Crippen molar-refractivity contribution in [1.29, 1.82) is 0 Å². The van der Waals surface area contributed by atoms with E-state index in [0.717, 1.165) is 31.6 Å². The summed E-state index contributed by atoms with van der Waals surface area (Å²) in [4.78, 5) is 22.1. The molecule has 2 saturated heterocycles. The van der Waals surface area contributed by atoms with Crippen molar-refractivity contribution in [1.82, 2.24) is 14.8 Å². The van der Waals surface area contributed by atoms with E-state index < -0.39 is 0 Å². The Hall–Kier alpha value is -3.05. The second kappa shape index (κ2) is 8.83. The molecule has 0 spiro atoms. The summed E-state index contributed by atoms with van der Waals surface area (Å²) in [6.07, 6.45) is 4.28. The van der Waals surface area contributed by atoms with E-state index in [9.17, 15) is 9.18 Å². The van der Waals surface area contributed by atoms with Crippen molar-refractivity contribution in [2.75, 3.05) is 19.6 Å². The summed E-state index contributed by atoms with van der Waals surface area (Å²) in [5, 5.41) is 0. The first kappa shape index (κ1) is 20.8. The van der Waals surface area contributed by atoms with Crippen LogP contribution in [0.3, 0.4) is 0 Å². The molecule has 3 atom stereocenters. The third-order valence-corrected chi connectivity index (χ3v) is 7.14. The van der Waals surface area contributed by atoms with Crippen LogP contribution >= 0.6 is 0 Å². The summed E-state index contributed by atoms with van der Waals surface area (Å²) in [5.74, 6) is 0.334. The molecule has 5 rings (SSSR count). The first-order valence-corrected chi connectivity index (χ1v) is 11.3. The third kappa shape index (κ3) is 4.05. The average Bonchev–Trinajstić information content (AvgIpc) is 3.20. The third-order valence-electron chi connectivity index (χ3n) is 7.14. The van der Waals surface area contributed by atoms with Gasteiger partial charge in [-0.05, 0) is 54.3 Å². The Morgan fingerprint density at radius 1 is 1.06 bits per heavy atom. The minimum absolute atomic E-state index is 0.0464. The molecule has 3 aromatic rings. The fourth-order valence-electron chi connectivity index (χ4n) is 5.43. The molecule has 0 N–H and O–H groups in total. The van der Waals surface area contributed by atoms with E-state index >= 15 is 0 Å². The van der Waals surface area contributed by atoms with Crippen LogP contribution in [0.15, 0.2) is 73.1 Å². The predicted octanol–water partition coefficient (Wildman–Crippen LogP) is 4.66. The van der Waals surface area contributed by atoms with Crippen LogP contribution in [-0.2, 0) is 6.54 Å². The number of likely N-dealkylation sites (tertiary alicyclic amines) is 2. The largest absolute Gasteiger partial charge is 0.335 e. The van der Waals surface area contributed by atoms with Gasteiger partial charge in [-0.25, -0.2) is 4.39 Å². The van der Waals surface area contributed by atoms with E-state index in [4.69, 9.17) is 0 Å². The standard InChI is InChI=1S/C27H28FN3O/c1-19-5-2-3-6-22(19)16-30-14-12-26-25(17-30)24(20-8-10-23(28)11-9-20)18-31(26)27(32)21-7-4-13-29-15-21/h2-11,13,15,24-26H,12,14,16-18H2,1H3/t24-,25-,26-/m1/s1. The topological polar surface area (TPSA) is 36.4 Å². The smallest absolute Gasteiger partial charge is 0.255 e. The van der Waals surface area contributed by atoms with Gasteiger partial charge >= 0.3 is 0 Å². The molecule has 0 bridgehead atoms. The van der Waals surface area contributed by atoms with Crippen LogP contribution in [0, 0.1) is 18.7 Å². The number of pyridine rings is 1. The SMILES string of the molecule is Cc1ccccc1CN1CC[C@@H]2[C@H](C1)[C@@H](c1ccc(F)cc1)CN2C(=O)c1cccnc1.